The van der Waals surface area contributed by atoms with Crippen LogP contribution in [0.4, 0.5) is 15.6 Å². The predicted molar refractivity (Wildman–Crippen MR) is 297 cm³/mol. The fourth-order valence-corrected chi connectivity index (χ4v) is 8.78. The van der Waals surface area contributed by atoms with Crippen molar-refractivity contribution in [3.8, 4) is 11.5 Å². The number of thiazole rings is 1. The van der Waals surface area contributed by atoms with E-state index in [1.54, 1.807) is 41.9 Å². The first-order valence-electron chi connectivity index (χ1n) is 25.4. The molecule has 2 heterocycles. The highest BCUT2D eigenvalue weighted by atomic mass is 79.9. The summed E-state index contributed by atoms with van der Waals surface area (Å²) in [4.78, 5) is 55.5. The Morgan fingerprint density at radius 3 is 2.23 bits per heavy atom. The van der Waals surface area contributed by atoms with E-state index in [2.05, 4.69) is 77.5 Å². The van der Waals surface area contributed by atoms with Gasteiger partial charge in [-0.25, -0.2) is 9.78 Å². The van der Waals surface area contributed by atoms with Gasteiger partial charge in [0.25, 0.3) is 0 Å². The van der Waals surface area contributed by atoms with E-state index in [1.165, 1.54) is 11.3 Å². The van der Waals surface area contributed by atoms with E-state index < -0.39 is 6.03 Å². The maximum Gasteiger partial charge on any atom is 0.325 e. The van der Waals surface area contributed by atoms with Crippen LogP contribution in [0.5, 0.6) is 11.5 Å². The zero-order chi connectivity index (χ0) is 52.3. The van der Waals surface area contributed by atoms with Crippen molar-refractivity contribution in [3.05, 3.63) is 106 Å². The molecule has 0 radical (unpaired) electrons. The van der Waals surface area contributed by atoms with Crippen LogP contribution in [0.3, 0.4) is 0 Å². The molecule has 1 atom stereocenters. The first-order chi connectivity index (χ1) is 36.0. The second kappa shape index (κ2) is 31.9. The molecule has 1 aliphatic carbocycles. The van der Waals surface area contributed by atoms with Gasteiger partial charge in [0.2, 0.25) is 11.8 Å². The van der Waals surface area contributed by atoms with Crippen LogP contribution in [0.2, 0.25) is 0 Å². The van der Waals surface area contributed by atoms with Crippen molar-refractivity contribution >= 4 is 73.9 Å². The SMILES string of the molecule is CC(c1ccc(Br)cc1)N(C(=O)/C=C/c1ccc(OCCCCN(C)CCOCCOCC/C(C=NCCOCCOc2ccc(NC(=O)Nc3nc(CC(=O)N4CCN(C)CC4)cs3)cc2)=N/N)cc1)C1CC1. The number of aromatic nitrogens is 1. The van der Waals surface area contributed by atoms with E-state index in [9.17, 15) is 14.4 Å². The number of nitrogens with two attached hydrogens (primary N) is 1. The summed E-state index contributed by atoms with van der Waals surface area (Å²) >= 11 is 4.78. The van der Waals surface area contributed by atoms with E-state index in [0.717, 1.165) is 73.2 Å². The molecule has 1 saturated heterocycles. The Hall–Kier alpha value is -5.74. The third-order valence-corrected chi connectivity index (χ3v) is 13.6. The molecule has 3 aromatic carbocycles. The van der Waals surface area contributed by atoms with Crippen LogP contribution in [0, 0.1) is 0 Å². The molecule has 400 valence electrons. The smallest absolute Gasteiger partial charge is 0.325 e. The van der Waals surface area contributed by atoms with Gasteiger partial charge in [0.05, 0.1) is 76.7 Å². The van der Waals surface area contributed by atoms with Crippen LogP contribution in [0.25, 0.3) is 6.08 Å². The zero-order valence-electron chi connectivity index (χ0n) is 43.0. The van der Waals surface area contributed by atoms with Crippen LogP contribution in [0.15, 0.2) is 98.8 Å². The standard InChI is InChI=1S/C54H73BrN10O8S/c1-41(43-9-11-44(55)12-10-43)65(48-15-16-48)51(66)21-8-42-6-17-49(18-7-42)72-30-5-4-24-62(2)29-33-71-35-34-69-31-22-46(61-56)39-57-23-32-70-36-37-73-50-19-13-45(14-20-50)58-53(68)60-54-59-47(40-74-54)38-52(67)64-27-25-63(3)26-28-64/h6-14,17-21,39-41,48H,4-5,15-16,22-38,56H2,1-3H3,(H2,58,59,60,68)/b21-8+,57-39?,61-46-. The minimum atomic E-state index is -0.428. The highest BCUT2D eigenvalue weighted by Crippen LogP contribution is 2.35. The Kier molecular flexibility index (Phi) is 24.8. The van der Waals surface area contributed by atoms with Crippen molar-refractivity contribution in [2.24, 2.45) is 15.9 Å². The lowest BCUT2D eigenvalue weighted by molar-refractivity contribution is -0.132. The van der Waals surface area contributed by atoms with Crippen molar-refractivity contribution in [2.75, 3.05) is 123 Å². The third kappa shape index (κ3) is 21.2. The molecule has 1 aromatic heterocycles. The van der Waals surface area contributed by atoms with Crippen LogP contribution in [-0.4, -0.2) is 173 Å². The minimum absolute atomic E-state index is 0.0138. The number of nitrogens with zero attached hydrogens (tertiary/aromatic N) is 7. The summed E-state index contributed by atoms with van der Waals surface area (Å²) in [6.45, 7) is 11.3. The number of halogens is 1. The van der Waals surface area contributed by atoms with Gasteiger partial charge >= 0.3 is 6.03 Å². The van der Waals surface area contributed by atoms with Crippen molar-refractivity contribution in [2.45, 2.75) is 57.5 Å². The van der Waals surface area contributed by atoms with E-state index >= 15 is 0 Å². The second-order valence-electron chi connectivity index (χ2n) is 18.2. The van der Waals surface area contributed by atoms with Gasteiger partial charge in [-0.3, -0.25) is 19.9 Å². The number of aliphatic imine (C=N–C) groups is 1. The number of likely N-dealkylation sites (N-methyl/N-ethyl adjacent to an activating group) is 2. The number of carbonyl (C=O) groups is 3. The van der Waals surface area contributed by atoms with Gasteiger partial charge in [0, 0.05) is 73.0 Å². The topological polar surface area (TPSA) is 198 Å². The molecule has 0 bridgehead atoms. The van der Waals surface area contributed by atoms with E-state index in [0.29, 0.717) is 113 Å². The number of piperazine rings is 1. The van der Waals surface area contributed by atoms with Crippen LogP contribution >= 0.6 is 27.3 Å². The Labute approximate surface area is 448 Å². The number of rotatable bonds is 32. The molecule has 4 amide bonds. The second-order valence-corrected chi connectivity index (χ2v) is 19.9. The quantitative estimate of drug-likeness (QED) is 0.0142. The molecular formula is C54H73BrN10O8S. The first-order valence-corrected chi connectivity index (χ1v) is 27.1. The largest absolute Gasteiger partial charge is 0.494 e. The molecular weight excluding hydrogens is 1030 g/mol. The van der Waals surface area contributed by atoms with Gasteiger partial charge in [-0.2, -0.15) is 5.10 Å². The number of ether oxygens (including phenoxy) is 5. The van der Waals surface area contributed by atoms with Gasteiger partial charge in [-0.15, -0.1) is 11.3 Å². The number of anilines is 2. The maximum absolute atomic E-state index is 13.3. The summed E-state index contributed by atoms with van der Waals surface area (Å²) < 4.78 is 29.9. The summed E-state index contributed by atoms with van der Waals surface area (Å²) in [6, 6.07) is 23.0. The third-order valence-electron chi connectivity index (χ3n) is 12.3. The minimum Gasteiger partial charge on any atom is -0.494 e. The number of hydrogen-bond donors (Lipinski definition) is 3. The Morgan fingerprint density at radius 2 is 1.51 bits per heavy atom. The summed E-state index contributed by atoms with van der Waals surface area (Å²) in [5.41, 5.74) is 3.96. The number of amides is 4. The van der Waals surface area contributed by atoms with E-state index in [1.807, 2.05) is 59.3 Å². The van der Waals surface area contributed by atoms with Crippen molar-refractivity contribution < 1.29 is 38.1 Å². The van der Waals surface area contributed by atoms with Crippen LogP contribution in [-0.2, 0) is 30.2 Å². The Balaban J connectivity index is 0.707. The number of carbonyl (C=O) groups excluding carboxylic acids is 3. The molecule has 20 heteroatoms. The molecule has 74 heavy (non-hydrogen) atoms. The molecule has 1 unspecified atom stereocenters. The zero-order valence-corrected chi connectivity index (χ0v) is 45.4. The molecule has 0 spiro atoms. The van der Waals surface area contributed by atoms with Crippen molar-refractivity contribution in [1.82, 2.24) is 24.6 Å². The molecule has 2 aliphatic rings. The van der Waals surface area contributed by atoms with Crippen LogP contribution < -0.4 is 25.9 Å². The molecule has 4 N–H and O–H groups in total. The first kappa shape index (κ1) is 57.5. The predicted octanol–water partition coefficient (Wildman–Crippen LogP) is 7.63. The fourth-order valence-electron chi connectivity index (χ4n) is 7.81. The van der Waals surface area contributed by atoms with Crippen molar-refractivity contribution in [1.29, 1.82) is 0 Å². The number of urea groups is 1. The van der Waals surface area contributed by atoms with Gasteiger partial charge in [-0.05, 0) is 119 Å². The summed E-state index contributed by atoms with van der Waals surface area (Å²) in [6.07, 6.45) is 10.0. The number of nitrogens with one attached hydrogen (secondary N) is 2. The number of benzene rings is 3. The summed E-state index contributed by atoms with van der Waals surface area (Å²) in [7, 11) is 4.14. The average molecular weight is 1100 g/mol. The fraction of sp³-hybridized carbons (Fsp3) is 0.481. The lowest BCUT2D eigenvalue weighted by Crippen LogP contribution is -2.47. The van der Waals surface area contributed by atoms with E-state index in [-0.39, 0.29) is 24.3 Å². The normalized spacial score (nSPS) is 14.7. The average Bonchev–Trinajstić information content (AvgIpc) is 4.14. The number of unbranched alkanes of at least 4 members (excludes halogenated alkanes) is 1. The highest BCUT2D eigenvalue weighted by Gasteiger charge is 2.35. The molecule has 4 aromatic rings. The molecule has 1 saturated carbocycles. The lowest BCUT2D eigenvalue weighted by atomic mass is 10.1. The molecule has 1 aliphatic heterocycles. The van der Waals surface area contributed by atoms with Crippen LogP contribution in [0.1, 0.15) is 61.9 Å². The monoisotopic (exact) mass is 1100 g/mol. The summed E-state index contributed by atoms with van der Waals surface area (Å²) in [5.74, 6) is 7.11. The molecule has 18 nitrogen and oxygen atoms in total. The lowest BCUT2D eigenvalue weighted by Gasteiger charge is -2.32. The van der Waals surface area contributed by atoms with E-state index in [4.69, 9.17) is 29.5 Å². The Bertz CT molecular complexity index is 2390. The Morgan fingerprint density at radius 1 is 0.838 bits per heavy atom. The molecule has 2 fully saturated rings. The van der Waals surface area contributed by atoms with Gasteiger partial charge in [0.15, 0.2) is 5.13 Å². The van der Waals surface area contributed by atoms with Gasteiger partial charge in [-0.1, -0.05) is 40.2 Å². The van der Waals surface area contributed by atoms with Crippen molar-refractivity contribution in [3.63, 3.8) is 0 Å². The van der Waals surface area contributed by atoms with Gasteiger partial charge < -0.3 is 54.4 Å². The molecule has 6 rings (SSSR count). The number of hydrogen-bond acceptors (Lipinski definition) is 15. The summed E-state index contributed by atoms with van der Waals surface area (Å²) in [5, 5.41) is 11.6. The number of hydrazone groups is 1. The highest BCUT2D eigenvalue weighted by molar-refractivity contribution is 9.10. The maximum atomic E-state index is 13.3. The van der Waals surface area contributed by atoms with Gasteiger partial charge in [0.1, 0.15) is 18.1 Å².